The zero-order valence-corrected chi connectivity index (χ0v) is 10.5. The lowest BCUT2D eigenvalue weighted by molar-refractivity contribution is -0.636. The molecule has 0 saturated heterocycles. The first-order valence-corrected chi connectivity index (χ1v) is 6.41. The minimum absolute atomic E-state index is 0.553. The lowest BCUT2D eigenvalue weighted by atomic mass is 10.1. The molecule has 1 aromatic carbocycles. The predicted molar refractivity (Wildman–Crippen MR) is 74.2 cm³/mol. The molecule has 4 aromatic rings. The molecular weight excluding hydrogens is 250 g/mol. The summed E-state index contributed by atoms with van der Waals surface area (Å²) in [4.78, 5) is 8.72. The Balaban J connectivity index is 2.01. The molecule has 96 valence electrons. The lowest BCUT2D eigenvalue weighted by Gasteiger charge is -1.96. The first-order chi connectivity index (χ1) is 11.1. The molecule has 0 spiro atoms. The Labute approximate surface area is 119 Å². The second-order valence-electron chi connectivity index (χ2n) is 4.97. The normalized spacial score (nSPS) is 15.9. The maximum absolute atomic E-state index is 8.02. The van der Waals surface area contributed by atoms with Gasteiger partial charge in [0.15, 0.2) is 6.33 Å². The van der Waals surface area contributed by atoms with E-state index in [1.807, 2.05) is 28.8 Å². The molecule has 0 saturated carbocycles. The van der Waals surface area contributed by atoms with Gasteiger partial charge in [0.05, 0.1) is 23.2 Å². The average Bonchev–Trinajstić information content (AvgIpc) is 3.13. The Bertz CT molecular complexity index is 1090. The number of hydrogen-bond acceptors (Lipinski definition) is 2. The van der Waals surface area contributed by atoms with Crippen molar-refractivity contribution in [3.05, 3.63) is 48.4 Å². The predicted octanol–water partition coefficient (Wildman–Crippen LogP) is 1.54. The van der Waals surface area contributed by atoms with Crippen LogP contribution in [0.4, 0.5) is 0 Å². The molecule has 0 bridgehead atoms. The third-order valence-electron chi connectivity index (χ3n) is 3.91. The van der Waals surface area contributed by atoms with E-state index in [4.69, 9.17) is 4.11 Å². The highest BCUT2D eigenvalue weighted by Crippen LogP contribution is 2.32. The van der Waals surface area contributed by atoms with Crippen molar-refractivity contribution in [2.45, 2.75) is 6.54 Å². The molecule has 0 amide bonds. The number of benzene rings is 1. The van der Waals surface area contributed by atoms with Crippen LogP contribution in [-0.2, 0) is 13.5 Å². The number of imidazole rings is 2. The molecule has 0 unspecified atom stereocenters. The Morgan fingerprint density at radius 2 is 2.25 bits per heavy atom. The maximum Gasteiger partial charge on any atom is 0.296 e. The fraction of sp³-hybridized carbons (Fsp3) is 0.133. The van der Waals surface area contributed by atoms with Crippen molar-refractivity contribution in [1.29, 1.82) is 0 Å². The van der Waals surface area contributed by atoms with Gasteiger partial charge in [-0.25, -0.2) is 14.1 Å². The SMILES string of the molecule is [2H]C([2H])([2H])[n+]1c2n(c3nc4ccncn4c31)Cc1ccccc1-2. The van der Waals surface area contributed by atoms with Gasteiger partial charge in [-0.3, -0.25) is 0 Å². The van der Waals surface area contributed by atoms with Crippen LogP contribution in [-0.4, -0.2) is 18.9 Å². The van der Waals surface area contributed by atoms with Crippen LogP contribution in [0.1, 0.15) is 9.68 Å². The summed E-state index contributed by atoms with van der Waals surface area (Å²) >= 11 is 0. The van der Waals surface area contributed by atoms with Crippen molar-refractivity contribution in [3.63, 3.8) is 0 Å². The molecule has 0 fully saturated rings. The number of rotatable bonds is 0. The van der Waals surface area contributed by atoms with Crippen LogP contribution in [0, 0.1) is 0 Å². The van der Waals surface area contributed by atoms with Crippen LogP contribution < -0.4 is 4.57 Å². The highest BCUT2D eigenvalue weighted by molar-refractivity contribution is 5.77. The van der Waals surface area contributed by atoms with Gasteiger partial charge in [-0.15, -0.1) is 0 Å². The fourth-order valence-electron chi connectivity index (χ4n) is 3.05. The molecule has 5 heteroatoms. The van der Waals surface area contributed by atoms with E-state index in [0.29, 0.717) is 29.3 Å². The Morgan fingerprint density at radius 1 is 1.30 bits per heavy atom. The minimum Gasteiger partial charge on any atom is -0.233 e. The molecule has 1 aliphatic rings. The highest BCUT2D eigenvalue weighted by Gasteiger charge is 2.33. The molecule has 3 aromatic heterocycles. The second kappa shape index (κ2) is 3.25. The van der Waals surface area contributed by atoms with Crippen LogP contribution in [0.15, 0.2) is 42.9 Å². The summed E-state index contributed by atoms with van der Waals surface area (Å²) in [6, 6.07) is 9.65. The quantitative estimate of drug-likeness (QED) is 0.398. The van der Waals surface area contributed by atoms with E-state index in [1.54, 1.807) is 23.0 Å². The van der Waals surface area contributed by atoms with Crippen LogP contribution in [0.5, 0.6) is 0 Å². The summed E-state index contributed by atoms with van der Waals surface area (Å²) in [6.07, 6.45) is 3.26. The highest BCUT2D eigenvalue weighted by atomic mass is 15.3. The van der Waals surface area contributed by atoms with Crippen molar-refractivity contribution >= 4 is 16.9 Å². The number of aryl methyl sites for hydroxylation is 1. The third-order valence-corrected chi connectivity index (χ3v) is 3.91. The second-order valence-corrected chi connectivity index (χ2v) is 4.97. The number of aromatic nitrogens is 5. The molecular formula is C15H12N5+. The number of fused-ring (bicyclic) bond motifs is 7. The van der Waals surface area contributed by atoms with E-state index in [2.05, 4.69) is 9.97 Å². The molecule has 0 N–H and O–H groups in total. The van der Waals surface area contributed by atoms with Gasteiger partial charge in [0.25, 0.3) is 11.3 Å². The van der Waals surface area contributed by atoms with Gasteiger partial charge in [-0.2, -0.15) is 9.38 Å². The monoisotopic (exact) mass is 265 g/mol. The number of nitrogens with zero attached hydrogens (tertiary/aromatic N) is 5. The standard InChI is InChI=1S/C15H12N5/c1-18-14-11-5-3-2-4-10(11)8-19(14)13-15(18)20-9-16-7-6-12(20)17-13/h2-7,9H,8H2,1H3/q+1/i1D3. The van der Waals surface area contributed by atoms with Crippen molar-refractivity contribution in [2.75, 3.05) is 0 Å². The zero-order valence-electron chi connectivity index (χ0n) is 13.5. The first kappa shape index (κ1) is 7.79. The summed E-state index contributed by atoms with van der Waals surface area (Å²) in [5.41, 5.74) is 3.96. The summed E-state index contributed by atoms with van der Waals surface area (Å²) in [7, 11) is 0. The third kappa shape index (κ3) is 1.02. The van der Waals surface area contributed by atoms with E-state index in [0.717, 1.165) is 11.1 Å². The van der Waals surface area contributed by atoms with Crippen LogP contribution in [0.2, 0.25) is 0 Å². The topological polar surface area (TPSA) is 39.0 Å². The molecule has 0 radical (unpaired) electrons. The van der Waals surface area contributed by atoms with Crippen molar-refractivity contribution in [2.24, 2.45) is 6.98 Å². The lowest BCUT2D eigenvalue weighted by Crippen LogP contribution is -2.30. The largest absolute Gasteiger partial charge is 0.296 e. The van der Waals surface area contributed by atoms with E-state index in [1.165, 1.54) is 4.57 Å². The fourth-order valence-corrected chi connectivity index (χ4v) is 3.05. The molecule has 20 heavy (non-hydrogen) atoms. The van der Waals surface area contributed by atoms with E-state index >= 15 is 0 Å². The molecule has 0 atom stereocenters. The van der Waals surface area contributed by atoms with Crippen molar-refractivity contribution in [3.8, 4) is 11.4 Å². The van der Waals surface area contributed by atoms with Gasteiger partial charge in [-0.1, -0.05) is 18.2 Å². The molecule has 5 rings (SSSR count). The molecule has 1 aliphatic heterocycles. The van der Waals surface area contributed by atoms with Gasteiger partial charge in [0, 0.05) is 17.8 Å². The summed E-state index contributed by atoms with van der Waals surface area (Å²) in [6.45, 7) is -1.68. The molecule has 4 heterocycles. The van der Waals surface area contributed by atoms with Crippen LogP contribution >= 0.6 is 0 Å². The zero-order chi connectivity index (χ0) is 15.8. The average molecular weight is 265 g/mol. The summed E-state index contributed by atoms with van der Waals surface area (Å²) in [5.74, 6) is 0.677. The molecule has 0 aliphatic carbocycles. The van der Waals surface area contributed by atoms with Crippen LogP contribution in [0.3, 0.4) is 0 Å². The van der Waals surface area contributed by atoms with Crippen molar-refractivity contribution in [1.82, 2.24) is 18.9 Å². The number of hydrogen-bond donors (Lipinski definition) is 0. The van der Waals surface area contributed by atoms with Gasteiger partial charge in [0.2, 0.25) is 11.5 Å². The van der Waals surface area contributed by atoms with Crippen molar-refractivity contribution < 1.29 is 8.68 Å². The Kier molecular flexibility index (Phi) is 1.27. The van der Waals surface area contributed by atoms with E-state index in [9.17, 15) is 0 Å². The summed E-state index contributed by atoms with van der Waals surface area (Å²) < 4.78 is 29.2. The first-order valence-electron chi connectivity index (χ1n) is 7.91. The van der Waals surface area contributed by atoms with Gasteiger partial charge in [0.1, 0.15) is 0 Å². The Hall–Kier alpha value is -2.69. The summed E-state index contributed by atoms with van der Waals surface area (Å²) in [5, 5.41) is 0. The molecule has 5 nitrogen and oxygen atoms in total. The van der Waals surface area contributed by atoms with Gasteiger partial charge in [-0.05, 0) is 6.07 Å². The van der Waals surface area contributed by atoms with Gasteiger partial charge < -0.3 is 0 Å². The van der Waals surface area contributed by atoms with E-state index < -0.39 is 6.98 Å². The van der Waals surface area contributed by atoms with Gasteiger partial charge >= 0.3 is 0 Å². The smallest absolute Gasteiger partial charge is 0.233 e. The van der Waals surface area contributed by atoms with E-state index in [-0.39, 0.29) is 0 Å². The van der Waals surface area contributed by atoms with Crippen LogP contribution in [0.25, 0.3) is 28.3 Å². The minimum atomic E-state index is -2.30. The maximum atomic E-state index is 8.02. The Morgan fingerprint density at radius 3 is 3.20 bits per heavy atom.